The van der Waals surface area contributed by atoms with Gasteiger partial charge in [0.15, 0.2) is 0 Å². The van der Waals surface area contributed by atoms with Gasteiger partial charge in [-0.25, -0.2) is 0 Å². The molecule has 7 aromatic carbocycles. The second-order valence-corrected chi connectivity index (χ2v) is 11.9. The van der Waals surface area contributed by atoms with Gasteiger partial charge in [-0.1, -0.05) is 103 Å². The number of hydrogen-bond acceptors (Lipinski definition) is 2. The Morgan fingerprint density at radius 2 is 0.875 bits per heavy atom. The third kappa shape index (κ3) is 4.01. The molecule has 0 aliphatic carbocycles. The molecule has 0 spiro atoms. The Labute approximate surface area is 277 Å². The molecule has 0 N–H and O–H groups in total. The molecule has 0 fully saturated rings. The lowest BCUT2D eigenvalue weighted by molar-refractivity contribution is 1.17. The number of benzene rings is 7. The Hall–Kier alpha value is -6.88. The maximum absolute atomic E-state index is 10.4. The van der Waals surface area contributed by atoms with E-state index in [1.807, 2.05) is 54.6 Å². The average Bonchev–Trinajstić information content (AvgIpc) is 3.67. The molecule has 4 nitrogen and oxygen atoms in total. The minimum absolute atomic E-state index is 0.605. The van der Waals surface area contributed by atoms with Crippen molar-refractivity contribution in [2.75, 3.05) is 0 Å². The van der Waals surface area contributed by atoms with Crippen molar-refractivity contribution in [1.82, 2.24) is 9.13 Å². The summed E-state index contributed by atoms with van der Waals surface area (Å²) >= 11 is 0. The molecule has 0 unspecified atom stereocenters. The normalized spacial score (nSPS) is 11.3. The van der Waals surface area contributed by atoms with Crippen molar-refractivity contribution >= 4 is 43.6 Å². The van der Waals surface area contributed by atoms with E-state index in [0.717, 1.165) is 66.5 Å². The third-order valence-corrected chi connectivity index (χ3v) is 9.42. The molecule has 48 heavy (non-hydrogen) atoms. The van der Waals surface area contributed by atoms with Gasteiger partial charge in [-0.15, -0.1) is 0 Å². The van der Waals surface area contributed by atoms with Gasteiger partial charge in [0.25, 0.3) is 0 Å². The summed E-state index contributed by atoms with van der Waals surface area (Å²) in [4.78, 5) is 0. The smallest absolute Gasteiger partial charge is 0.0998 e. The SMILES string of the molecule is N#Cc1ccc2c(c1)c1ccccc1n2-c1cccc(-c2ccccc2-n2c3ccccc3c3ccccc32)c1-c1ccccc1C#N. The second-order valence-electron chi connectivity index (χ2n) is 11.9. The number of fused-ring (bicyclic) bond motifs is 6. The molecule has 9 rings (SSSR count). The highest BCUT2D eigenvalue weighted by Crippen LogP contribution is 2.44. The molecule has 0 atom stereocenters. The predicted molar refractivity (Wildman–Crippen MR) is 195 cm³/mol. The van der Waals surface area contributed by atoms with Crippen LogP contribution in [-0.2, 0) is 0 Å². The average molecular weight is 611 g/mol. The van der Waals surface area contributed by atoms with Crippen molar-refractivity contribution in [3.63, 3.8) is 0 Å². The molecular weight excluding hydrogens is 585 g/mol. The van der Waals surface area contributed by atoms with Gasteiger partial charge in [0.1, 0.15) is 0 Å². The molecule has 0 aliphatic rings. The Kier molecular flexibility index (Phi) is 6.22. The molecule has 2 heterocycles. The molecule has 0 saturated carbocycles. The van der Waals surface area contributed by atoms with Gasteiger partial charge in [0.05, 0.1) is 56.7 Å². The highest BCUT2D eigenvalue weighted by atomic mass is 15.0. The Morgan fingerprint density at radius 3 is 1.54 bits per heavy atom. The monoisotopic (exact) mass is 610 g/mol. The zero-order valence-corrected chi connectivity index (χ0v) is 25.8. The molecule has 4 heteroatoms. The summed E-state index contributed by atoms with van der Waals surface area (Å²) in [5.74, 6) is 0. The Bertz CT molecular complexity index is 2760. The first-order chi connectivity index (χ1) is 23.8. The Morgan fingerprint density at radius 1 is 0.375 bits per heavy atom. The number of aromatic nitrogens is 2. The van der Waals surface area contributed by atoms with Gasteiger partial charge >= 0.3 is 0 Å². The summed E-state index contributed by atoms with van der Waals surface area (Å²) in [6, 6.07) is 58.9. The molecule has 0 saturated heterocycles. The van der Waals surface area contributed by atoms with Crippen LogP contribution in [0.25, 0.3) is 77.2 Å². The van der Waals surface area contributed by atoms with Gasteiger partial charge in [0, 0.05) is 38.2 Å². The van der Waals surface area contributed by atoms with Crippen LogP contribution in [0.1, 0.15) is 11.1 Å². The van der Waals surface area contributed by atoms with Gasteiger partial charge in [-0.2, -0.15) is 10.5 Å². The predicted octanol–water partition coefficient (Wildman–Crippen LogP) is 11.0. The molecule has 222 valence electrons. The standard InChI is InChI=1S/C44H26N4/c45-27-29-24-25-42-37(26-29)35-17-6-10-22-41(35)48(42)43-23-11-18-36(44(43)31-13-2-1-12-30(31)28-46)34-16-5-9-21-40(34)47-38-19-7-3-14-32(38)33-15-4-8-20-39(33)47/h1-26H. The quantitative estimate of drug-likeness (QED) is 0.199. The van der Waals surface area contributed by atoms with Crippen molar-refractivity contribution in [2.24, 2.45) is 0 Å². The number of para-hydroxylation sites is 4. The zero-order chi connectivity index (χ0) is 32.2. The maximum Gasteiger partial charge on any atom is 0.0998 e. The first kappa shape index (κ1) is 27.4. The molecular formula is C44H26N4. The van der Waals surface area contributed by atoms with E-state index in [1.165, 1.54) is 10.8 Å². The lowest BCUT2D eigenvalue weighted by Crippen LogP contribution is -2.02. The van der Waals surface area contributed by atoms with E-state index >= 15 is 0 Å². The molecule has 0 amide bonds. The van der Waals surface area contributed by atoms with Crippen molar-refractivity contribution in [2.45, 2.75) is 0 Å². The number of nitriles is 2. The highest BCUT2D eigenvalue weighted by molar-refractivity contribution is 6.12. The fraction of sp³-hybridized carbons (Fsp3) is 0. The lowest BCUT2D eigenvalue weighted by Gasteiger charge is -2.21. The van der Waals surface area contributed by atoms with Crippen molar-refractivity contribution in [3.05, 3.63) is 169 Å². The lowest BCUT2D eigenvalue weighted by atomic mass is 9.89. The minimum atomic E-state index is 0.605. The van der Waals surface area contributed by atoms with Crippen LogP contribution in [0.4, 0.5) is 0 Å². The molecule has 0 bridgehead atoms. The van der Waals surface area contributed by atoms with E-state index in [0.29, 0.717) is 11.1 Å². The van der Waals surface area contributed by atoms with Crippen molar-refractivity contribution in [1.29, 1.82) is 10.5 Å². The molecule has 2 aromatic heterocycles. The van der Waals surface area contributed by atoms with E-state index in [2.05, 4.69) is 124 Å². The van der Waals surface area contributed by atoms with E-state index in [4.69, 9.17) is 0 Å². The summed E-state index contributed by atoms with van der Waals surface area (Å²) in [7, 11) is 0. The first-order valence-electron chi connectivity index (χ1n) is 15.9. The number of nitrogens with zero attached hydrogens (tertiary/aromatic N) is 4. The van der Waals surface area contributed by atoms with E-state index in [-0.39, 0.29) is 0 Å². The summed E-state index contributed by atoms with van der Waals surface area (Å²) < 4.78 is 4.64. The molecule has 9 aromatic rings. The largest absolute Gasteiger partial charge is 0.309 e. The van der Waals surface area contributed by atoms with Crippen LogP contribution in [0, 0.1) is 22.7 Å². The van der Waals surface area contributed by atoms with Crippen molar-refractivity contribution < 1.29 is 0 Å². The summed E-state index contributed by atoms with van der Waals surface area (Å²) in [5, 5.41) is 24.7. The van der Waals surface area contributed by atoms with Crippen LogP contribution in [-0.4, -0.2) is 9.13 Å². The summed E-state index contributed by atoms with van der Waals surface area (Å²) in [6.07, 6.45) is 0. The number of hydrogen-bond donors (Lipinski definition) is 0. The van der Waals surface area contributed by atoms with Crippen LogP contribution >= 0.6 is 0 Å². The minimum Gasteiger partial charge on any atom is -0.309 e. The maximum atomic E-state index is 10.4. The van der Waals surface area contributed by atoms with Crippen molar-refractivity contribution in [3.8, 4) is 45.8 Å². The second kappa shape index (κ2) is 10.9. The van der Waals surface area contributed by atoms with E-state index in [9.17, 15) is 10.5 Å². The fourth-order valence-electron chi connectivity index (χ4n) is 7.41. The third-order valence-electron chi connectivity index (χ3n) is 9.42. The van der Waals surface area contributed by atoms with Gasteiger partial charge in [-0.3, -0.25) is 0 Å². The van der Waals surface area contributed by atoms with Gasteiger partial charge < -0.3 is 9.13 Å². The van der Waals surface area contributed by atoms with Crippen LogP contribution in [0.3, 0.4) is 0 Å². The topological polar surface area (TPSA) is 57.4 Å². The zero-order valence-electron chi connectivity index (χ0n) is 25.8. The van der Waals surface area contributed by atoms with E-state index in [1.54, 1.807) is 0 Å². The fourth-order valence-corrected chi connectivity index (χ4v) is 7.41. The van der Waals surface area contributed by atoms with Gasteiger partial charge in [0.2, 0.25) is 0 Å². The van der Waals surface area contributed by atoms with Crippen LogP contribution < -0.4 is 0 Å². The highest BCUT2D eigenvalue weighted by Gasteiger charge is 2.23. The molecule has 0 aliphatic heterocycles. The summed E-state index contributed by atoms with van der Waals surface area (Å²) in [5.41, 5.74) is 11.5. The Balaban J connectivity index is 1.42. The summed E-state index contributed by atoms with van der Waals surface area (Å²) in [6.45, 7) is 0. The van der Waals surface area contributed by atoms with Crippen LogP contribution in [0.15, 0.2) is 158 Å². The van der Waals surface area contributed by atoms with Crippen LogP contribution in [0.2, 0.25) is 0 Å². The number of rotatable bonds is 4. The molecule has 0 radical (unpaired) electrons. The van der Waals surface area contributed by atoms with Gasteiger partial charge in [-0.05, 0) is 60.2 Å². The van der Waals surface area contributed by atoms with E-state index < -0.39 is 0 Å². The van der Waals surface area contributed by atoms with Crippen LogP contribution in [0.5, 0.6) is 0 Å². The first-order valence-corrected chi connectivity index (χ1v) is 15.9.